The van der Waals surface area contributed by atoms with Gasteiger partial charge >= 0.3 is 0 Å². The summed E-state index contributed by atoms with van der Waals surface area (Å²) in [7, 11) is 0. The number of hydrogen-bond acceptors (Lipinski definition) is 3. The molecule has 2 heterocycles. The van der Waals surface area contributed by atoms with Gasteiger partial charge in [0.15, 0.2) is 5.76 Å². The van der Waals surface area contributed by atoms with E-state index in [0.29, 0.717) is 40.2 Å². The minimum absolute atomic E-state index is 0.0142. The lowest BCUT2D eigenvalue weighted by Gasteiger charge is -2.35. The van der Waals surface area contributed by atoms with Crippen LogP contribution in [0.25, 0.3) is 22.8 Å². The summed E-state index contributed by atoms with van der Waals surface area (Å²) in [4.78, 5) is 19.4. The third-order valence-corrected chi connectivity index (χ3v) is 5.19. The van der Waals surface area contributed by atoms with Gasteiger partial charge in [0.25, 0.3) is 5.91 Å². The first kappa shape index (κ1) is 18.4. The predicted molar refractivity (Wildman–Crippen MR) is 106 cm³/mol. The summed E-state index contributed by atoms with van der Waals surface area (Å²) in [5.74, 6) is 1.24. The standard InChI is InChI=1S/C23H23FN2O2/c1-15-11-16(2)14-26(13-15)23(27)18-8-4-3-7-17(18)22-25-12-21(28-22)19-9-5-6-10-20(19)24/h3-10,12,15-16H,11,13-14H2,1-2H3. The molecule has 0 aliphatic carbocycles. The maximum atomic E-state index is 14.1. The van der Waals surface area contributed by atoms with Crippen LogP contribution >= 0.6 is 0 Å². The molecule has 144 valence electrons. The van der Waals surface area contributed by atoms with Crippen molar-refractivity contribution in [1.82, 2.24) is 9.88 Å². The summed E-state index contributed by atoms with van der Waals surface area (Å²) in [5, 5.41) is 0. The summed E-state index contributed by atoms with van der Waals surface area (Å²) >= 11 is 0. The number of nitrogens with zero attached hydrogens (tertiary/aromatic N) is 2. The molecule has 1 aromatic heterocycles. The topological polar surface area (TPSA) is 46.3 Å². The molecule has 2 atom stereocenters. The molecule has 2 unspecified atom stereocenters. The number of amides is 1. The number of aromatic nitrogens is 1. The zero-order valence-corrected chi connectivity index (χ0v) is 16.1. The van der Waals surface area contributed by atoms with Gasteiger partial charge in [-0.15, -0.1) is 0 Å². The normalized spacial score (nSPS) is 19.6. The Hall–Kier alpha value is -2.95. The quantitative estimate of drug-likeness (QED) is 0.624. The van der Waals surface area contributed by atoms with Crippen molar-refractivity contribution >= 4 is 5.91 Å². The molecule has 1 saturated heterocycles. The Morgan fingerprint density at radius 3 is 2.39 bits per heavy atom. The molecule has 1 fully saturated rings. The second kappa shape index (κ2) is 7.58. The highest BCUT2D eigenvalue weighted by Gasteiger charge is 2.28. The Kier molecular flexibility index (Phi) is 4.99. The van der Waals surface area contributed by atoms with E-state index >= 15 is 0 Å². The Morgan fingerprint density at radius 2 is 1.68 bits per heavy atom. The first-order chi connectivity index (χ1) is 13.5. The number of benzene rings is 2. The summed E-state index contributed by atoms with van der Waals surface area (Å²) in [6, 6.07) is 13.7. The second-order valence-electron chi connectivity index (χ2n) is 7.71. The van der Waals surface area contributed by atoms with Crippen molar-refractivity contribution in [2.24, 2.45) is 11.8 Å². The van der Waals surface area contributed by atoms with Gasteiger partial charge in [-0.05, 0) is 42.5 Å². The van der Waals surface area contributed by atoms with Crippen molar-refractivity contribution in [3.05, 3.63) is 66.1 Å². The van der Waals surface area contributed by atoms with Crippen molar-refractivity contribution in [2.75, 3.05) is 13.1 Å². The predicted octanol–water partition coefficient (Wildman–Crippen LogP) is 5.27. The van der Waals surface area contributed by atoms with Gasteiger partial charge in [-0.3, -0.25) is 4.79 Å². The largest absolute Gasteiger partial charge is 0.436 e. The number of carbonyl (C=O) groups excluding carboxylic acids is 1. The van der Waals surface area contributed by atoms with Crippen LogP contribution in [0, 0.1) is 17.7 Å². The zero-order valence-electron chi connectivity index (χ0n) is 16.1. The second-order valence-corrected chi connectivity index (χ2v) is 7.71. The van der Waals surface area contributed by atoms with E-state index in [0.717, 1.165) is 19.5 Å². The van der Waals surface area contributed by atoms with Gasteiger partial charge in [0, 0.05) is 18.7 Å². The molecule has 1 aliphatic rings. The molecule has 2 aromatic carbocycles. The van der Waals surface area contributed by atoms with Crippen LogP contribution in [-0.4, -0.2) is 28.9 Å². The van der Waals surface area contributed by atoms with Gasteiger partial charge in [-0.25, -0.2) is 9.37 Å². The molecule has 4 nitrogen and oxygen atoms in total. The van der Waals surface area contributed by atoms with Crippen LogP contribution in [0.2, 0.25) is 0 Å². The Morgan fingerprint density at radius 1 is 1.04 bits per heavy atom. The molecule has 5 heteroatoms. The Bertz CT molecular complexity index is 988. The highest BCUT2D eigenvalue weighted by atomic mass is 19.1. The lowest BCUT2D eigenvalue weighted by molar-refractivity contribution is 0.0623. The molecule has 28 heavy (non-hydrogen) atoms. The molecule has 4 rings (SSSR count). The van der Waals surface area contributed by atoms with E-state index in [4.69, 9.17) is 4.42 Å². The van der Waals surface area contributed by atoms with Crippen molar-refractivity contribution < 1.29 is 13.6 Å². The molecule has 0 radical (unpaired) electrons. The first-order valence-electron chi connectivity index (χ1n) is 9.62. The lowest BCUT2D eigenvalue weighted by Crippen LogP contribution is -2.42. The molecule has 0 spiro atoms. The van der Waals surface area contributed by atoms with Gasteiger partial charge in [0.2, 0.25) is 5.89 Å². The number of hydrogen-bond donors (Lipinski definition) is 0. The van der Waals surface area contributed by atoms with Gasteiger partial charge in [0.1, 0.15) is 5.82 Å². The van der Waals surface area contributed by atoms with E-state index in [9.17, 15) is 9.18 Å². The van der Waals surface area contributed by atoms with Gasteiger partial charge in [-0.1, -0.05) is 38.1 Å². The minimum atomic E-state index is -0.370. The Balaban J connectivity index is 1.67. The SMILES string of the molecule is CC1CC(C)CN(C(=O)c2ccccc2-c2ncc(-c3ccccc3F)o2)C1. The summed E-state index contributed by atoms with van der Waals surface area (Å²) < 4.78 is 19.9. The molecule has 3 aromatic rings. The van der Waals surface area contributed by atoms with Gasteiger partial charge in [-0.2, -0.15) is 0 Å². The van der Waals surface area contributed by atoms with E-state index in [2.05, 4.69) is 18.8 Å². The number of piperidine rings is 1. The third kappa shape index (κ3) is 3.57. The fraction of sp³-hybridized carbons (Fsp3) is 0.304. The third-order valence-electron chi connectivity index (χ3n) is 5.19. The fourth-order valence-electron chi connectivity index (χ4n) is 4.04. The fourth-order valence-corrected chi connectivity index (χ4v) is 4.04. The van der Waals surface area contributed by atoms with Crippen LogP contribution in [0.3, 0.4) is 0 Å². The summed E-state index contributed by atoms with van der Waals surface area (Å²) in [5.41, 5.74) is 1.54. The van der Waals surface area contributed by atoms with Crippen LogP contribution in [-0.2, 0) is 0 Å². The van der Waals surface area contributed by atoms with Crippen molar-refractivity contribution in [3.8, 4) is 22.8 Å². The maximum absolute atomic E-state index is 14.1. The number of oxazole rings is 1. The number of likely N-dealkylation sites (tertiary alicyclic amines) is 1. The van der Waals surface area contributed by atoms with E-state index in [1.807, 2.05) is 23.1 Å². The zero-order chi connectivity index (χ0) is 19.7. The van der Waals surface area contributed by atoms with E-state index < -0.39 is 0 Å². The number of halogens is 1. The van der Waals surface area contributed by atoms with Crippen LogP contribution in [0.1, 0.15) is 30.6 Å². The van der Waals surface area contributed by atoms with Crippen LogP contribution in [0.4, 0.5) is 4.39 Å². The average molecular weight is 378 g/mol. The highest BCUT2D eigenvalue weighted by molar-refractivity contribution is 6.00. The maximum Gasteiger partial charge on any atom is 0.254 e. The van der Waals surface area contributed by atoms with E-state index in [-0.39, 0.29) is 11.7 Å². The monoisotopic (exact) mass is 378 g/mol. The van der Waals surface area contributed by atoms with Crippen LogP contribution < -0.4 is 0 Å². The van der Waals surface area contributed by atoms with Crippen molar-refractivity contribution in [3.63, 3.8) is 0 Å². The summed E-state index contributed by atoms with van der Waals surface area (Å²) in [6.45, 7) is 5.86. The molecular formula is C23H23FN2O2. The molecule has 0 saturated carbocycles. The first-order valence-corrected chi connectivity index (χ1v) is 9.62. The minimum Gasteiger partial charge on any atom is -0.436 e. The van der Waals surface area contributed by atoms with Crippen molar-refractivity contribution in [1.29, 1.82) is 0 Å². The van der Waals surface area contributed by atoms with Crippen LogP contribution in [0.5, 0.6) is 0 Å². The lowest BCUT2D eigenvalue weighted by atomic mass is 9.91. The Labute approximate surface area is 164 Å². The summed E-state index contributed by atoms with van der Waals surface area (Å²) in [6.07, 6.45) is 2.64. The average Bonchev–Trinajstić information content (AvgIpc) is 3.17. The molecule has 1 amide bonds. The molecule has 0 N–H and O–H groups in total. The van der Waals surface area contributed by atoms with Crippen molar-refractivity contribution in [2.45, 2.75) is 20.3 Å². The number of carbonyl (C=O) groups is 1. The highest BCUT2D eigenvalue weighted by Crippen LogP contribution is 2.31. The number of rotatable bonds is 3. The van der Waals surface area contributed by atoms with E-state index in [1.54, 1.807) is 24.3 Å². The molecule has 1 aliphatic heterocycles. The van der Waals surface area contributed by atoms with E-state index in [1.165, 1.54) is 12.3 Å². The van der Waals surface area contributed by atoms with Gasteiger partial charge in [0.05, 0.1) is 17.3 Å². The smallest absolute Gasteiger partial charge is 0.254 e. The van der Waals surface area contributed by atoms with Crippen LogP contribution in [0.15, 0.2) is 59.1 Å². The molecule has 0 bridgehead atoms. The molecular weight excluding hydrogens is 355 g/mol. The van der Waals surface area contributed by atoms with Gasteiger partial charge < -0.3 is 9.32 Å².